The molecule has 5 rings (SSSR count). The molecule has 0 atom stereocenters. The number of rotatable bonds is 4. The number of aromatic nitrogens is 6. The summed E-state index contributed by atoms with van der Waals surface area (Å²) in [6.45, 7) is 0.690. The Hall–Kier alpha value is -3.74. The molecule has 7 nitrogen and oxygen atoms in total. The number of hydrogen-bond donors (Lipinski definition) is 2. The first-order chi connectivity index (χ1) is 12.9. The van der Waals surface area contributed by atoms with Gasteiger partial charge in [0.15, 0.2) is 5.65 Å². The highest BCUT2D eigenvalue weighted by Gasteiger charge is 2.10. The van der Waals surface area contributed by atoms with E-state index in [0.29, 0.717) is 6.54 Å². The van der Waals surface area contributed by atoms with Crippen LogP contribution in [0.4, 0.5) is 5.82 Å². The van der Waals surface area contributed by atoms with Gasteiger partial charge in [-0.15, -0.1) is 0 Å². The molecule has 4 heterocycles. The molecule has 0 amide bonds. The highest BCUT2D eigenvalue weighted by atomic mass is 15.2. The summed E-state index contributed by atoms with van der Waals surface area (Å²) in [6, 6.07) is 12.1. The van der Waals surface area contributed by atoms with Crippen molar-refractivity contribution in [3.63, 3.8) is 0 Å². The van der Waals surface area contributed by atoms with Crippen LogP contribution in [-0.2, 0) is 6.54 Å². The van der Waals surface area contributed by atoms with E-state index >= 15 is 0 Å². The molecule has 0 unspecified atom stereocenters. The van der Waals surface area contributed by atoms with Crippen LogP contribution in [0.5, 0.6) is 0 Å². The van der Waals surface area contributed by atoms with Crippen LogP contribution in [-0.4, -0.2) is 29.8 Å². The number of benzene rings is 1. The quantitative estimate of drug-likeness (QED) is 0.524. The molecular formula is C19H15N7. The molecule has 0 spiro atoms. The SMILES string of the molecule is c1cc(CNc2ccn3ncc(-c4ccc5cn[nH]c5c4)c3n2)ccn1. The van der Waals surface area contributed by atoms with Crippen molar-refractivity contribution in [2.75, 3.05) is 5.32 Å². The van der Waals surface area contributed by atoms with Gasteiger partial charge in [0.1, 0.15) is 5.82 Å². The predicted octanol–water partition coefficient (Wildman–Crippen LogP) is 3.28. The minimum absolute atomic E-state index is 0.690. The summed E-state index contributed by atoms with van der Waals surface area (Å²) in [7, 11) is 0. The average molecular weight is 341 g/mol. The second-order valence-electron chi connectivity index (χ2n) is 6.02. The minimum atomic E-state index is 0.690. The molecule has 4 aromatic heterocycles. The lowest BCUT2D eigenvalue weighted by atomic mass is 10.1. The largest absolute Gasteiger partial charge is 0.366 e. The molecule has 0 saturated carbocycles. The number of nitrogens with zero attached hydrogens (tertiary/aromatic N) is 5. The molecule has 5 aromatic rings. The van der Waals surface area contributed by atoms with Crippen LogP contribution < -0.4 is 5.32 Å². The van der Waals surface area contributed by atoms with E-state index < -0.39 is 0 Å². The Balaban J connectivity index is 1.50. The zero-order valence-corrected chi connectivity index (χ0v) is 13.8. The topological polar surface area (TPSA) is 83.8 Å². The molecule has 0 radical (unpaired) electrons. The van der Waals surface area contributed by atoms with Gasteiger partial charge in [-0.1, -0.05) is 12.1 Å². The molecule has 1 aromatic carbocycles. The zero-order valence-electron chi connectivity index (χ0n) is 13.8. The number of hydrogen-bond acceptors (Lipinski definition) is 5. The van der Waals surface area contributed by atoms with Gasteiger partial charge in [0.05, 0.1) is 17.9 Å². The Morgan fingerprint density at radius 3 is 2.88 bits per heavy atom. The van der Waals surface area contributed by atoms with Crippen LogP contribution in [0.15, 0.2) is 67.4 Å². The Bertz CT molecular complexity index is 1190. The molecule has 0 saturated heterocycles. The predicted molar refractivity (Wildman–Crippen MR) is 99.6 cm³/mol. The molecule has 0 bridgehead atoms. The van der Waals surface area contributed by atoms with Crippen molar-refractivity contribution < 1.29 is 0 Å². The maximum atomic E-state index is 4.74. The lowest BCUT2D eigenvalue weighted by Crippen LogP contribution is -2.02. The summed E-state index contributed by atoms with van der Waals surface area (Å²) in [5.41, 5.74) is 4.99. The van der Waals surface area contributed by atoms with Gasteiger partial charge in [0.25, 0.3) is 0 Å². The van der Waals surface area contributed by atoms with Gasteiger partial charge in [-0.2, -0.15) is 10.2 Å². The van der Waals surface area contributed by atoms with Crippen LogP contribution in [0.25, 0.3) is 27.7 Å². The van der Waals surface area contributed by atoms with Crippen LogP contribution in [0, 0.1) is 0 Å². The van der Waals surface area contributed by atoms with Crippen molar-refractivity contribution in [1.82, 2.24) is 29.8 Å². The van der Waals surface area contributed by atoms with Crippen LogP contribution >= 0.6 is 0 Å². The highest BCUT2D eigenvalue weighted by molar-refractivity contribution is 5.87. The number of pyridine rings is 1. The van der Waals surface area contributed by atoms with Gasteiger partial charge in [0, 0.05) is 36.1 Å². The first kappa shape index (κ1) is 14.6. The first-order valence-electron chi connectivity index (χ1n) is 8.27. The van der Waals surface area contributed by atoms with E-state index in [0.717, 1.165) is 39.1 Å². The molecule has 126 valence electrons. The Morgan fingerprint density at radius 1 is 1.04 bits per heavy atom. The molecule has 7 heteroatoms. The monoisotopic (exact) mass is 341 g/mol. The summed E-state index contributed by atoms with van der Waals surface area (Å²) < 4.78 is 1.78. The second kappa shape index (κ2) is 5.96. The zero-order chi connectivity index (χ0) is 17.3. The number of nitrogens with one attached hydrogen (secondary N) is 2. The Kier molecular flexibility index (Phi) is 3.35. The van der Waals surface area contributed by atoms with Crippen molar-refractivity contribution in [3.05, 3.63) is 72.9 Å². The molecule has 26 heavy (non-hydrogen) atoms. The van der Waals surface area contributed by atoms with Gasteiger partial charge in [-0.25, -0.2) is 9.50 Å². The van der Waals surface area contributed by atoms with Crippen molar-refractivity contribution >= 4 is 22.4 Å². The van der Waals surface area contributed by atoms with Gasteiger partial charge in [-0.3, -0.25) is 10.1 Å². The van der Waals surface area contributed by atoms with E-state index in [4.69, 9.17) is 4.98 Å². The van der Waals surface area contributed by atoms with Crippen LogP contribution in [0.3, 0.4) is 0 Å². The van der Waals surface area contributed by atoms with Gasteiger partial charge in [0.2, 0.25) is 0 Å². The van der Waals surface area contributed by atoms with Crippen LogP contribution in [0.1, 0.15) is 5.56 Å². The van der Waals surface area contributed by atoms with E-state index in [2.05, 4.69) is 37.7 Å². The summed E-state index contributed by atoms with van der Waals surface area (Å²) in [6.07, 6.45) is 9.14. The van der Waals surface area contributed by atoms with E-state index in [-0.39, 0.29) is 0 Å². The van der Waals surface area contributed by atoms with Crippen LogP contribution in [0.2, 0.25) is 0 Å². The van der Waals surface area contributed by atoms with E-state index in [1.54, 1.807) is 16.9 Å². The Morgan fingerprint density at radius 2 is 1.96 bits per heavy atom. The number of anilines is 1. The highest BCUT2D eigenvalue weighted by Crippen LogP contribution is 2.26. The second-order valence-corrected chi connectivity index (χ2v) is 6.02. The number of aromatic amines is 1. The lowest BCUT2D eigenvalue weighted by molar-refractivity contribution is 0.936. The number of H-pyrrole nitrogens is 1. The fraction of sp³-hybridized carbons (Fsp3) is 0.0526. The summed E-state index contributed by atoms with van der Waals surface area (Å²) in [5, 5.41) is 15.9. The van der Waals surface area contributed by atoms with E-state index in [1.807, 2.05) is 42.9 Å². The smallest absolute Gasteiger partial charge is 0.165 e. The summed E-state index contributed by atoms with van der Waals surface area (Å²) >= 11 is 0. The fourth-order valence-electron chi connectivity index (χ4n) is 2.97. The molecular weight excluding hydrogens is 326 g/mol. The van der Waals surface area contributed by atoms with E-state index in [1.165, 1.54) is 0 Å². The van der Waals surface area contributed by atoms with E-state index in [9.17, 15) is 0 Å². The standard InChI is InChI=1S/C19H15N7/c1-2-15-11-22-25-17(15)9-14(1)16-12-23-26-8-5-18(24-19(16)26)21-10-13-3-6-20-7-4-13/h1-9,11-12H,10H2,(H,21,24)(H,22,25). The van der Waals surface area contributed by atoms with Gasteiger partial charge in [-0.05, 0) is 35.4 Å². The molecule has 0 aliphatic heterocycles. The average Bonchev–Trinajstić information content (AvgIpc) is 3.33. The third-order valence-electron chi connectivity index (χ3n) is 4.35. The summed E-state index contributed by atoms with van der Waals surface area (Å²) in [4.78, 5) is 8.78. The third-order valence-corrected chi connectivity index (χ3v) is 4.35. The molecule has 0 aliphatic rings. The van der Waals surface area contributed by atoms with Crippen molar-refractivity contribution in [1.29, 1.82) is 0 Å². The van der Waals surface area contributed by atoms with Gasteiger partial charge >= 0.3 is 0 Å². The van der Waals surface area contributed by atoms with Crippen molar-refractivity contribution in [3.8, 4) is 11.1 Å². The normalized spacial score (nSPS) is 11.2. The van der Waals surface area contributed by atoms with Crippen molar-refractivity contribution in [2.24, 2.45) is 0 Å². The van der Waals surface area contributed by atoms with Gasteiger partial charge < -0.3 is 5.32 Å². The fourth-order valence-corrected chi connectivity index (χ4v) is 2.97. The number of fused-ring (bicyclic) bond motifs is 2. The first-order valence-corrected chi connectivity index (χ1v) is 8.27. The van der Waals surface area contributed by atoms with Crippen molar-refractivity contribution in [2.45, 2.75) is 6.54 Å². The minimum Gasteiger partial charge on any atom is -0.366 e. The lowest BCUT2D eigenvalue weighted by Gasteiger charge is -2.06. The maximum absolute atomic E-state index is 4.74. The molecule has 2 N–H and O–H groups in total. The Labute approximate surface area is 148 Å². The third kappa shape index (κ3) is 2.55. The summed E-state index contributed by atoms with van der Waals surface area (Å²) in [5.74, 6) is 0.804. The maximum Gasteiger partial charge on any atom is 0.165 e. The molecule has 0 fully saturated rings. The molecule has 0 aliphatic carbocycles.